The summed E-state index contributed by atoms with van der Waals surface area (Å²) in [5.41, 5.74) is 1.53. The fraction of sp³-hybridized carbons (Fsp3) is 0. The Bertz CT molecular complexity index is 455. The quantitative estimate of drug-likeness (QED) is 0.533. The van der Waals surface area contributed by atoms with Gasteiger partial charge in [-0.25, -0.2) is 4.85 Å². The lowest BCUT2D eigenvalue weighted by atomic mass is 10.2. The summed E-state index contributed by atoms with van der Waals surface area (Å²) in [5, 5.41) is 1.02. The normalized spacial score (nSPS) is 9.58. The van der Waals surface area contributed by atoms with Gasteiger partial charge >= 0.3 is 0 Å². The summed E-state index contributed by atoms with van der Waals surface area (Å²) in [5.74, 6) is 0. The SMILES string of the molecule is [C-]#[N+]c1cnc2ccccc2c1. The number of hydrogen-bond acceptors (Lipinski definition) is 1. The van der Waals surface area contributed by atoms with Crippen molar-refractivity contribution in [3.8, 4) is 0 Å². The minimum absolute atomic E-state index is 0.591. The van der Waals surface area contributed by atoms with E-state index in [9.17, 15) is 0 Å². The summed E-state index contributed by atoms with van der Waals surface area (Å²) in [7, 11) is 0. The van der Waals surface area contributed by atoms with Gasteiger partial charge in [-0.2, -0.15) is 0 Å². The highest BCUT2D eigenvalue weighted by Crippen LogP contribution is 2.17. The van der Waals surface area contributed by atoms with Crippen molar-refractivity contribution >= 4 is 16.6 Å². The largest absolute Gasteiger partial charge is 0.268 e. The highest BCUT2D eigenvalue weighted by Gasteiger charge is 1.94. The molecule has 2 nitrogen and oxygen atoms in total. The van der Waals surface area contributed by atoms with Gasteiger partial charge in [0.1, 0.15) is 0 Å². The number of para-hydroxylation sites is 1. The van der Waals surface area contributed by atoms with Crippen LogP contribution < -0.4 is 0 Å². The van der Waals surface area contributed by atoms with E-state index in [-0.39, 0.29) is 0 Å². The highest BCUT2D eigenvalue weighted by atomic mass is 14.7. The Balaban J connectivity index is 2.78. The van der Waals surface area contributed by atoms with Gasteiger partial charge in [-0.05, 0) is 17.5 Å². The maximum absolute atomic E-state index is 6.80. The van der Waals surface area contributed by atoms with Gasteiger partial charge in [0.05, 0.1) is 12.1 Å². The fourth-order valence-electron chi connectivity index (χ4n) is 1.12. The van der Waals surface area contributed by atoms with E-state index in [1.165, 1.54) is 0 Å². The molecule has 1 aromatic heterocycles. The maximum atomic E-state index is 6.80. The second-order valence-corrected chi connectivity index (χ2v) is 2.50. The van der Waals surface area contributed by atoms with Crippen molar-refractivity contribution in [1.82, 2.24) is 4.98 Å². The molecule has 2 rings (SSSR count). The first-order valence-corrected chi connectivity index (χ1v) is 3.62. The number of nitrogens with zero attached hydrogens (tertiary/aromatic N) is 2. The van der Waals surface area contributed by atoms with Crippen molar-refractivity contribution < 1.29 is 0 Å². The summed E-state index contributed by atoms with van der Waals surface area (Å²) >= 11 is 0. The lowest BCUT2D eigenvalue weighted by molar-refractivity contribution is 1.42. The predicted molar refractivity (Wildman–Crippen MR) is 48.0 cm³/mol. The zero-order valence-corrected chi connectivity index (χ0v) is 6.36. The van der Waals surface area contributed by atoms with Gasteiger partial charge in [-0.15, -0.1) is 0 Å². The summed E-state index contributed by atoms with van der Waals surface area (Å²) in [6.07, 6.45) is 1.59. The Labute approximate surface area is 70.3 Å². The molecule has 0 N–H and O–H groups in total. The van der Waals surface area contributed by atoms with E-state index in [0.29, 0.717) is 5.69 Å². The summed E-state index contributed by atoms with van der Waals surface area (Å²) in [6.45, 7) is 6.80. The molecule has 0 aliphatic rings. The van der Waals surface area contributed by atoms with E-state index in [1.54, 1.807) is 6.20 Å². The van der Waals surface area contributed by atoms with E-state index in [4.69, 9.17) is 6.57 Å². The summed E-state index contributed by atoms with van der Waals surface area (Å²) < 4.78 is 0. The second-order valence-electron chi connectivity index (χ2n) is 2.50. The van der Waals surface area contributed by atoms with Gasteiger partial charge in [0.25, 0.3) is 0 Å². The van der Waals surface area contributed by atoms with Crippen LogP contribution in [-0.4, -0.2) is 4.98 Å². The molecule has 1 aromatic carbocycles. The molecule has 0 unspecified atom stereocenters. The molecule has 0 radical (unpaired) electrons. The first-order valence-electron chi connectivity index (χ1n) is 3.62. The van der Waals surface area contributed by atoms with E-state index in [1.807, 2.05) is 30.3 Å². The minimum Gasteiger partial charge on any atom is -0.268 e. The Morgan fingerprint density at radius 1 is 1.25 bits per heavy atom. The Hall–Kier alpha value is -1.88. The number of rotatable bonds is 0. The zero-order chi connectivity index (χ0) is 8.39. The molecule has 0 fully saturated rings. The lowest BCUT2D eigenvalue weighted by Crippen LogP contribution is -1.75. The molecule has 0 aliphatic carbocycles. The molecule has 2 aromatic rings. The number of benzene rings is 1. The molecule has 0 spiro atoms. The van der Waals surface area contributed by atoms with Crippen molar-refractivity contribution in [3.63, 3.8) is 0 Å². The third-order valence-electron chi connectivity index (χ3n) is 1.71. The number of hydrogen-bond donors (Lipinski definition) is 0. The van der Waals surface area contributed by atoms with Gasteiger partial charge in [0.2, 0.25) is 5.69 Å². The fourth-order valence-corrected chi connectivity index (χ4v) is 1.12. The summed E-state index contributed by atoms with van der Waals surface area (Å²) in [4.78, 5) is 7.45. The van der Waals surface area contributed by atoms with Gasteiger partial charge in [0.15, 0.2) is 0 Å². The van der Waals surface area contributed by atoms with Crippen LogP contribution in [0.2, 0.25) is 0 Å². The number of aromatic nitrogens is 1. The molecule has 0 saturated carbocycles. The first kappa shape index (κ1) is 6.81. The van der Waals surface area contributed by atoms with Crippen molar-refractivity contribution in [1.29, 1.82) is 0 Å². The van der Waals surface area contributed by atoms with Crippen LogP contribution in [0.15, 0.2) is 36.5 Å². The summed E-state index contributed by atoms with van der Waals surface area (Å²) in [6, 6.07) is 9.61. The van der Waals surface area contributed by atoms with Crippen molar-refractivity contribution in [2.24, 2.45) is 0 Å². The van der Waals surface area contributed by atoms with Crippen molar-refractivity contribution in [2.75, 3.05) is 0 Å². The van der Waals surface area contributed by atoms with Crippen LogP contribution in [0.4, 0.5) is 5.69 Å². The van der Waals surface area contributed by atoms with E-state index >= 15 is 0 Å². The predicted octanol–water partition coefficient (Wildman–Crippen LogP) is 2.79. The average Bonchev–Trinajstić information content (AvgIpc) is 2.17. The van der Waals surface area contributed by atoms with Gasteiger partial charge in [0, 0.05) is 6.20 Å². The van der Waals surface area contributed by atoms with Crippen molar-refractivity contribution in [3.05, 3.63) is 47.9 Å². The van der Waals surface area contributed by atoms with Crippen LogP contribution in [0.3, 0.4) is 0 Å². The molecule has 2 heteroatoms. The lowest BCUT2D eigenvalue weighted by Gasteiger charge is -1.94. The van der Waals surface area contributed by atoms with Crippen LogP contribution in [-0.2, 0) is 0 Å². The van der Waals surface area contributed by atoms with Crippen LogP contribution in [0.5, 0.6) is 0 Å². The molecule has 0 amide bonds. The molecule has 56 valence electrons. The smallest absolute Gasteiger partial charge is 0.205 e. The standard InChI is InChI=1S/C10H6N2/c1-11-9-6-8-4-2-3-5-10(8)12-7-9/h2-7H. The average molecular weight is 154 g/mol. The number of fused-ring (bicyclic) bond motifs is 1. The molecule has 0 atom stereocenters. The second kappa shape index (κ2) is 2.63. The molecule has 12 heavy (non-hydrogen) atoms. The van der Waals surface area contributed by atoms with Gasteiger partial charge in [-0.1, -0.05) is 18.2 Å². The highest BCUT2D eigenvalue weighted by molar-refractivity contribution is 5.81. The molecular weight excluding hydrogens is 148 g/mol. The Kier molecular flexibility index (Phi) is 1.49. The molecule has 0 bridgehead atoms. The van der Waals surface area contributed by atoms with Crippen LogP contribution in [0.25, 0.3) is 15.7 Å². The first-order chi connectivity index (χ1) is 5.90. The Morgan fingerprint density at radius 3 is 2.92 bits per heavy atom. The molecule has 0 aliphatic heterocycles. The van der Waals surface area contributed by atoms with E-state index < -0.39 is 0 Å². The maximum Gasteiger partial charge on any atom is 0.205 e. The van der Waals surface area contributed by atoms with E-state index in [2.05, 4.69) is 9.83 Å². The van der Waals surface area contributed by atoms with Crippen LogP contribution >= 0.6 is 0 Å². The monoisotopic (exact) mass is 154 g/mol. The van der Waals surface area contributed by atoms with Crippen LogP contribution in [0.1, 0.15) is 0 Å². The zero-order valence-electron chi connectivity index (χ0n) is 6.36. The number of pyridine rings is 1. The third kappa shape index (κ3) is 1.02. The van der Waals surface area contributed by atoms with Gasteiger partial charge in [-0.3, -0.25) is 4.98 Å². The Morgan fingerprint density at radius 2 is 2.08 bits per heavy atom. The van der Waals surface area contributed by atoms with Gasteiger partial charge < -0.3 is 0 Å². The van der Waals surface area contributed by atoms with Crippen LogP contribution in [0, 0.1) is 6.57 Å². The van der Waals surface area contributed by atoms with E-state index in [0.717, 1.165) is 10.9 Å². The third-order valence-corrected chi connectivity index (χ3v) is 1.71. The van der Waals surface area contributed by atoms with Crippen molar-refractivity contribution in [2.45, 2.75) is 0 Å². The molecular formula is C10H6N2. The topological polar surface area (TPSA) is 17.2 Å². The molecule has 1 heterocycles. The minimum atomic E-state index is 0.591. The molecule has 0 saturated heterocycles.